The molecule has 3 aromatic rings. The molecule has 0 saturated carbocycles. The first-order valence-electron chi connectivity index (χ1n) is 6.59. The Labute approximate surface area is 118 Å². The van der Waals surface area contributed by atoms with E-state index in [0.29, 0.717) is 0 Å². The topological polar surface area (TPSA) is 16.1 Å². The quantitative estimate of drug-likeness (QED) is 0.640. The summed E-state index contributed by atoms with van der Waals surface area (Å²) in [5, 5.41) is 2.32. The second-order valence-electron chi connectivity index (χ2n) is 4.71. The van der Waals surface area contributed by atoms with Gasteiger partial charge in [-0.15, -0.1) is 0 Å². The summed E-state index contributed by atoms with van der Waals surface area (Å²) < 4.78 is 0. The molecule has 0 unspecified atom stereocenters. The molecule has 0 amide bonds. The molecule has 2 heterocycles. The highest BCUT2D eigenvalue weighted by molar-refractivity contribution is 5.95. The van der Waals surface area contributed by atoms with Crippen LogP contribution in [0, 0.1) is 6.54 Å². The predicted octanol–water partition coefficient (Wildman–Crippen LogP) is 4.44. The molecule has 2 aromatic carbocycles. The van der Waals surface area contributed by atoms with Gasteiger partial charge < -0.3 is 4.90 Å². The summed E-state index contributed by atoms with van der Waals surface area (Å²) in [6.07, 6.45) is 5.85. The van der Waals surface area contributed by atoms with Crippen LogP contribution in [0.5, 0.6) is 0 Å². The zero-order valence-electron chi connectivity index (χ0n) is 10.8. The lowest BCUT2D eigenvalue weighted by Crippen LogP contribution is -2.17. The number of pyridine rings is 1. The molecule has 1 aromatic heterocycles. The number of nitrogens with zero attached hydrogens (tertiary/aromatic N) is 2. The second kappa shape index (κ2) is 4.49. The molecule has 0 fully saturated rings. The Bertz CT molecular complexity index is 800. The molecule has 0 N–H and O–H groups in total. The number of hydrogen-bond donors (Lipinski definition) is 0. The van der Waals surface area contributed by atoms with Crippen molar-refractivity contribution in [3.63, 3.8) is 0 Å². The van der Waals surface area contributed by atoms with Crippen LogP contribution in [0.15, 0.2) is 66.9 Å². The minimum absolute atomic E-state index is 0.917. The Morgan fingerprint density at radius 3 is 2.75 bits per heavy atom. The summed E-state index contributed by atoms with van der Waals surface area (Å²) in [7, 11) is 0. The van der Waals surface area contributed by atoms with E-state index in [0.717, 1.165) is 16.9 Å². The first-order chi connectivity index (χ1) is 9.93. The Morgan fingerprint density at radius 1 is 0.900 bits per heavy atom. The van der Waals surface area contributed by atoms with Crippen molar-refractivity contribution in [1.29, 1.82) is 0 Å². The molecule has 0 saturated heterocycles. The molecule has 20 heavy (non-hydrogen) atoms. The third-order valence-electron chi connectivity index (χ3n) is 3.51. The van der Waals surface area contributed by atoms with Gasteiger partial charge in [-0.05, 0) is 23.1 Å². The van der Waals surface area contributed by atoms with E-state index >= 15 is 0 Å². The van der Waals surface area contributed by atoms with Crippen LogP contribution in [0.25, 0.3) is 16.8 Å². The summed E-state index contributed by atoms with van der Waals surface area (Å²) in [4.78, 5) is 6.58. The summed E-state index contributed by atoms with van der Waals surface area (Å²) >= 11 is 0. The van der Waals surface area contributed by atoms with Gasteiger partial charge in [0.1, 0.15) is 12.4 Å². The molecular formula is C18H12N2. The maximum atomic E-state index is 4.56. The molecular weight excluding hydrogens is 244 g/mol. The largest absolute Gasteiger partial charge is 0.310 e. The first-order valence-corrected chi connectivity index (χ1v) is 6.59. The minimum atomic E-state index is 0.917. The van der Waals surface area contributed by atoms with Gasteiger partial charge in [-0.25, -0.2) is 4.98 Å². The van der Waals surface area contributed by atoms with Crippen molar-refractivity contribution in [2.45, 2.75) is 0 Å². The lowest BCUT2D eigenvalue weighted by atomic mass is 10.1. The molecule has 94 valence electrons. The van der Waals surface area contributed by atoms with Gasteiger partial charge in [-0.3, -0.25) is 0 Å². The number of rotatable bonds is 1. The van der Waals surface area contributed by atoms with Crippen LogP contribution in [0.4, 0.5) is 11.5 Å². The van der Waals surface area contributed by atoms with Crippen molar-refractivity contribution < 1.29 is 0 Å². The van der Waals surface area contributed by atoms with Gasteiger partial charge in [-0.1, -0.05) is 54.6 Å². The van der Waals surface area contributed by atoms with E-state index < -0.39 is 0 Å². The third-order valence-corrected chi connectivity index (χ3v) is 3.51. The van der Waals surface area contributed by atoms with Crippen molar-refractivity contribution in [1.82, 2.24) is 4.98 Å². The number of hydrogen-bond acceptors (Lipinski definition) is 2. The average Bonchev–Trinajstić information content (AvgIpc) is 2.54. The highest BCUT2D eigenvalue weighted by atomic mass is 15.2. The summed E-state index contributed by atoms with van der Waals surface area (Å²) in [5.74, 6) is 0.917. The van der Waals surface area contributed by atoms with Gasteiger partial charge in [0.25, 0.3) is 0 Å². The fourth-order valence-electron chi connectivity index (χ4n) is 2.56. The van der Waals surface area contributed by atoms with Gasteiger partial charge in [0, 0.05) is 11.6 Å². The van der Waals surface area contributed by atoms with Gasteiger partial charge in [0.05, 0.1) is 5.69 Å². The Kier molecular flexibility index (Phi) is 2.52. The van der Waals surface area contributed by atoms with Gasteiger partial charge in [0.15, 0.2) is 0 Å². The van der Waals surface area contributed by atoms with Crippen LogP contribution >= 0.6 is 0 Å². The SMILES string of the molecule is [C]1C=Cc2ccccc2N1c1nccc2ccccc12. The van der Waals surface area contributed by atoms with Crippen molar-refractivity contribution in [2.75, 3.05) is 4.90 Å². The molecule has 1 aliphatic rings. The molecule has 0 atom stereocenters. The number of para-hydroxylation sites is 1. The lowest BCUT2D eigenvalue weighted by Gasteiger charge is -2.26. The van der Waals surface area contributed by atoms with Crippen LogP contribution in [-0.4, -0.2) is 4.98 Å². The lowest BCUT2D eigenvalue weighted by molar-refractivity contribution is 1.14. The maximum absolute atomic E-state index is 4.56. The minimum Gasteiger partial charge on any atom is -0.310 e. The van der Waals surface area contributed by atoms with Crippen LogP contribution in [0.3, 0.4) is 0 Å². The van der Waals surface area contributed by atoms with Crippen molar-refractivity contribution in [3.8, 4) is 0 Å². The molecule has 2 nitrogen and oxygen atoms in total. The van der Waals surface area contributed by atoms with E-state index in [1.54, 1.807) is 0 Å². The number of fused-ring (bicyclic) bond motifs is 2. The molecule has 0 aliphatic carbocycles. The first kappa shape index (κ1) is 11.2. The molecule has 1 aliphatic heterocycles. The highest BCUT2D eigenvalue weighted by Crippen LogP contribution is 2.36. The molecule has 4 rings (SSSR count). The van der Waals surface area contributed by atoms with Crippen molar-refractivity contribution in [3.05, 3.63) is 79.0 Å². The normalized spacial score (nSPS) is 13.5. The molecule has 0 bridgehead atoms. The molecule has 2 heteroatoms. The summed E-state index contributed by atoms with van der Waals surface area (Å²) in [6, 6.07) is 18.6. The smallest absolute Gasteiger partial charge is 0.141 e. The fraction of sp³-hybridized carbons (Fsp3) is 0. The molecule has 2 radical (unpaired) electrons. The van der Waals surface area contributed by atoms with E-state index in [9.17, 15) is 0 Å². The standard InChI is InChI=1S/C18H12N2/c1-3-9-16-14(6-1)11-12-19-18(16)20-13-5-8-15-7-2-4-10-17(15)20/h1-12H. The zero-order chi connectivity index (χ0) is 13.4. The predicted molar refractivity (Wildman–Crippen MR) is 82.6 cm³/mol. The van der Waals surface area contributed by atoms with Gasteiger partial charge >= 0.3 is 0 Å². The van der Waals surface area contributed by atoms with E-state index in [1.807, 2.05) is 47.5 Å². The monoisotopic (exact) mass is 256 g/mol. The van der Waals surface area contributed by atoms with Crippen molar-refractivity contribution in [2.24, 2.45) is 0 Å². The summed E-state index contributed by atoms with van der Waals surface area (Å²) in [6.45, 7) is 3.27. The van der Waals surface area contributed by atoms with E-state index in [-0.39, 0.29) is 0 Å². The van der Waals surface area contributed by atoms with Gasteiger partial charge in [0.2, 0.25) is 0 Å². The number of aromatic nitrogens is 1. The Morgan fingerprint density at radius 2 is 1.75 bits per heavy atom. The Hall–Kier alpha value is -2.61. The Balaban J connectivity index is 1.95. The average molecular weight is 256 g/mol. The van der Waals surface area contributed by atoms with E-state index in [2.05, 4.69) is 41.9 Å². The third kappa shape index (κ3) is 1.69. The fourth-order valence-corrected chi connectivity index (χ4v) is 2.56. The number of anilines is 2. The van der Waals surface area contributed by atoms with E-state index in [1.165, 1.54) is 10.9 Å². The van der Waals surface area contributed by atoms with E-state index in [4.69, 9.17) is 0 Å². The van der Waals surface area contributed by atoms with Crippen LogP contribution in [0.1, 0.15) is 5.56 Å². The second-order valence-corrected chi connectivity index (χ2v) is 4.71. The van der Waals surface area contributed by atoms with Crippen LogP contribution < -0.4 is 4.90 Å². The molecule has 0 spiro atoms. The van der Waals surface area contributed by atoms with Crippen LogP contribution in [-0.2, 0) is 0 Å². The highest BCUT2D eigenvalue weighted by Gasteiger charge is 2.18. The van der Waals surface area contributed by atoms with Crippen molar-refractivity contribution >= 4 is 28.4 Å². The number of benzene rings is 2. The summed E-state index contributed by atoms with van der Waals surface area (Å²) in [5.41, 5.74) is 2.29. The van der Waals surface area contributed by atoms with Crippen LogP contribution in [0.2, 0.25) is 0 Å². The van der Waals surface area contributed by atoms with Gasteiger partial charge in [-0.2, -0.15) is 0 Å². The zero-order valence-corrected chi connectivity index (χ0v) is 10.8. The maximum Gasteiger partial charge on any atom is 0.141 e.